The summed E-state index contributed by atoms with van der Waals surface area (Å²) >= 11 is 0. The molecule has 0 bridgehead atoms. The van der Waals surface area contributed by atoms with E-state index in [1.807, 2.05) is 0 Å². The van der Waals surface area contributed by atoms with E-state index in [1.165, 1.54) is 12.1 Å². The van der Waals surface area contributed by atoms with Crippen LogP contribution in [-0.4, -0.2) is 59.5 Å². The third-order valence-corrected chi connectivity index (χ3v) is 3.55. The lowest BCUT2D eigenvalue weighted by atomic mass is 10.1. The SMILES string of the molecule is O=C(c1ccc(OCC(F)(F)C(F)F)nc1)N1CCC(CO)C1. The van der Waals surface area contributed by atoms with Crippen LogP contribution in [0.25, 0.3) is 0 Å². The van der Waals surface area contributed by atoms with E-state index in [2.05, 4.69) is 9.72 Å². The smallest absolute Gasteiger partial charge is 0.340 e. The summed E-state index contributed by atoms with van der Waals surface area (Å²) in [5, 5.41) is 9.05. The first kappa shape index (κ1) is 17.5. The number of rotatable bonds is 6. The Bertz CT molecular complexity index is 539. The van der Waals surface area contributed by atoms with Gasteiger partial charge in [-0.25, -0.2) is 13.8 Å². The molecule has 23 heavy (non-hydrogen) atoms. The van der Waals surface area contributed by atoms with Crippen LogP contribution in [0.2, 0.25) is 0 Å². The number of pyridine rings is 1. The van der Waals surface area contributed by atoms with Crippen molar-refractivity contribution in [2.24, 2.45) is 5.92 Å². The van der Waals surface area contributed by atoms with E-state index in [9.17, 15) is 22.4 Å². The summed E-state index contributed by atoms with van der Waals surface area (Å²) in [6.45, 7) is -0.528. The van der Waals surface area contributed by atoms with Crippen molar-refractivity contribution in [3.05, 3.63) is 23.9 Å². The number of halogens is 4. The van der Waals surface area contributed by atoms with E-state index < -0.39 is 19.0 Å². The van der Waals surface area contributed by atoms with Crippen LogP contribution in [0.4, 0.5) is 17.6 Å². The average Bonchev–Trinajstić information content (AvgIpc) is 3.01. The zero-order valence-corrected chi connectivity index (χ0v) is 12.1. The standard InChI is InChI=1S/C14H16F4N2O3/c15-13(16)14(17,18)8-23-11-2-1-10(5-19-11)12(22)20-4-3-9(6-20)7-21/h1-2,5,9,13,21H,3-4,6-8H2. The minimum atomic E-state index is -4.26. The summed E-state index contributed by atoms with van der Waals surface area (Å²) in [6, 6.07) is 2.51. The first-order valence-corrected chi connectivity index (χ1v) is 6.98. The molecule has 2 heterocycles. The summed E-state index contributed by atoms with van der Waals surface area (Å²) in [6.07, 6.45) is -1.97. The lowest BCUT2D eigenvalue weighted by Gasteiger charge is -2.17. The molecule has 1 aromatic heterocycles. The van der Waals surface area contributed by atoms with Gasteiger partial charge in [-0.1, -0.05) is 0 Å². The minimum Gasteiger partial charge on any atom is -0.471 e. The molecule has 5 nitrogen and oxygen atoms in total. The Balaban J connectivity index is 1.93. The molecule has 1 saturated heterocycles. The topological polar surface area (TPSA) is 62.7 Å². The predicted molar refractivity (Wildman–Crippen MR) is 71.8 cm³/mol. The maximum absolute atomic E-state index is 12.7. The molecular formula is C14H16F4N2O3. The van der Waals surface area contributed by atoms with Crippen LogP contribution in [-0.2, 0) is 0 Å². The number of nitrogens with zero attached hydrogens (tertiary/aromatic N) is 2. The first-order valence-electron chi connectivity index (χ1n) is 6.98. The van der Waals surface area contributed by atoms with Crippen molar-refractivity contribution in [2.45, 2.75) is 18.8 Å². The number of aliphatic hydroxyl groups excluding tert-OH is 1. The van der Waals surface area contributed by atoms with Crippen molar-refractivity contribution in [3.63, 3.8) is 0 Å². The van der Waals surface area contributed by atoms with Gasteiger partial charge in [0.05, 0.1) is 5.56 Å². The molecule has 2 rings (SSSR count). The molecule has 1 unspecified atom stereocenters. The fourth-order valence-electron chi connectivity index (χ4n) is 2.17. The number of carbonyl (C=O) groups is 1. The van der Waals surface area contributed by atoms with Crippen molar-refractivity contribution in [3.8, 4) is 5.88 Å². The van der Waals surface area contributed by atoms with Gasteiger partial charge in [-0.2, -0.15) is 8.78 Å². The molecule has 0 aliphatic carbocycles. The second kappa shape index (κ2) is 7.12. The van der Waals surface area contributed by atoms with Gasteiger partial charge in [0.25, 0.3) is 5.91 Å². The van der Waals surface area contributed by atoms with Crippen LogP contribution in [0, 0.1) is 5.92 Å². The molecule has 0 spiro atoms. The first-order chi connectivity index (χ1) is 10.8. The van der Waals surface area contributed by atoms with E-state index in [-0.39, 0.29) is 29.9 Å². The van der Waals surface area contributed by atoms with Gasteiger partial charge in [0, 0.05) is 37.9 Å². The van der Waals surface area contributed by atoms with E-state index in [1.54, 1.807) is 4.90 Å². The van der Waals surface area contributed by atoms with Crippen molar-refractivity contribution in [1.29, 1.82) is 0 Å². The Labute approximate surface area is 129 Å². The molecule has 1 atom stereocenters. The molecular weight excluding hydrogens is 320 g/mol. The molecule has 128 valence electrons. The zero-order chi connectivity index (χ0) is 17.0. The number of alkyl halides is 4. The zero-order valence-electron chi connectivity index (χ0n) is 12.1. The second-order valence-corrected chi connectivity index (χ2v) is 5.32. The van der Waals surface area contributed by atoms with Gasteiger partial charge < -0.3 is 14.7 Å². The lowest BCUT2D eigenvalue weighted by Crippen LogP contribution is -2.34. The number of aromatic nitrogens is 1. The summed E-state index contributed by atoms with van der Waals surface area (Å²) in [7, 11) is 0. The molecule has 0 radical (unpaired) electrons. The Morgan fingerprint density at radius 2 is 2.22 bits per heavy atom. The second-order valence-electron chi connectivity index (χ2n) is 5.32. The van der Waals surface area contributed by atoms with Crippen LogP contribution in [0.3, 0.4) is 0 Å². The highest BCUT2D eigenvalue weighted by atomic mass is 19.3. The fraction of sp³-hybridized carbons (Fsp3) is 0.571. The molecule has 0 aromatic carbocycles. The third kappa shape index (κ3) is 4.31. The highest BCUT2D eigenvalue weighted by Gasteiger charge is 2.41. The predicted octanol–water partition coefficient (Wildman–Crippen LogP) is 1.82. The summed E-state index contributed by atoms with van der Waals surface area (Å²) in [5.74, 6) is -4.77. The number of aliphatic hydroxyl groups is 1. The van der Waals surface area contributed by atoms with Gasteiger partial charge in [0.2, 0.25) is 5.88 Å². The fourth-order valence-corrected chi connectivity index (χ4v) is 2.17. The van der Waals surface area contributed by atoms with Gasteiger partial charge in [-0.3, -0.25) is 4.79 Å². The third-order valence-electron chi connectivity index (χ3n) is 3.55. The molecule has 1 fully saturated rings. The number of amides is 1. The molecule has 9 heteroatoms. The van der Waals surface area contributed by atoms with Gasteiger partial charge >= 0.3 is 12.3 Å². The molecule has 1 aliphatic rings. The minimum absolute atomic E-state index is 0.00710. The quantitative estimate of drug-likeness (QED) is 0.805. The van der Waals surface area contributed by atoms with Gasteiger partial charge in [0.15, 0.2) is 6.61 Å². The molecule has 1 aliphatic heterocycles. The lowest BCUT2D eigenvalue weighted by molar-refractivity contribution is -0.148. The summed E-state index contributed by atoms with van der Waals surface area (Å²) in [4.78, 5) is 17.4. The number of hydrogen-bond donors (Lipinski definition) is 1. The van der Waals surface area contributed by atoms with Crippen LogP contribution < -0.4 is 4.74 Å². The van der Waals surface area contributed by atoms with E-state index >= 15 is 0 Å². The Morgan fingerprint density at radius 3 is 2.74 bits per heavy atom. The van der Waals surface area contributed by atoms with Crippen LogP contribution in [0.5, 0.6) is 5.88 Å². The van der Waals surface area contributed by atoms with Crippen molar-refractivity contribution in [2.75, 3.05) is 26.3 Å². The largest absolute Gasteiger partial charge is 0.471 e. The van der Waals surface area contributed by atoms with Crippen LogP contribution in [0.1, 0.15) is 16.8 Å². The highest BCUT2D eigenvalue weighted by Crippen LogP contribution is 2.24. The Morgan fingerprint density at radius 1 is 1.48 bits per heavy atom. The summed E-state index contributed by atoms with van der Waals surface area (Å²) in [5.41, 5.74) is 0.233. The maximum atomic E-state index is 12.7. The number of hydrogen-bond acceptors (Lipinski definition) is 4. The van der Waals surface area contributed by atoms with E-state index in [4.69, 9.17) is 5.11 Å². The molecule has 1 N–H and O–H groups in total. The number of carbonyl (C=O) groups excluding carboxylic acids is 1. The van der Waals surface area contributed by atoms with Crippen LogP contribution in [0.15, 0.2) is 18.3 Å². The molecule has 1 amide bonds. The molecule has 0 saturated carbocycles. The van der Waals surface area contributed by atoms with Crippen molar-refractivity contribution in [1.82, 2.24) is 9.88 Å². The van der Waals surface area contributed by atoms with Crippen molar-refractivity contribution < 1.29 is 32.2 Å². The van der Waals surface area contributed by atoms with Gasteiger partial charge in [0.1, 0.15) is 0 Å². The van der Waals surface area contributed by atoms with E-state index in [0.29, 0.717) is 19.5 Å². The highest BCUT2D eigenvalue weighted by molar-refractivity contribution is 5.94. The summed E-state index contributed by atoms with van der Waals surface area (Å²) < 4.78 is 54.0. The molecule has 1 aromatic rings. The average molecular weight is 336 g/mol. The monoisotopic (exact) mass is 336 g/mol. The maximum Gasteiger partial charge on any atom is 0.340 e. The van der Waals surface area contributed by atoms with Crippen molar-refractivity contribution >= 4 is 5.91 Å². The van der Waals surface area contributed by atoms with Gasteiger partial charge in [-0.15, -0.1) is 0 Å². The number of ether oxygens (including phenoxy) is 1. The van der Waals surface area contributed by atoms with E-state index in [0.717, 1.165) is 6.20 Å². The van der Waals surface area contributed by atoms with Gasteiger partial charge in [-0.05, 0) is 12.5 Å². The Kier molecular flexibility index (Phi) is 5.40. The van der Waals surface area contributed by atoms with Crippen LogP contribution >= 0.6 is 0 Å². The normalized spacial score (nSPS) is 18.5. The number of likely N-dealkylation sites (tertiary alicyclic amines) is 1. The Hall–Kier alpha value is -1.90.